The van der Waals surface area contributed by atoms with E-state index in [2.05, 4.69) is 26.6 Å². The minimum Gasteiger partial charge on any atom is -0.395 e. The molecule has 1 fully saturated rings. The standard InChI is InChI=1S/C12H22N4O/c1-3-11-13-14-12(15(11)2)8-16-7-5-4-6-10(16)9-17/h10,17H,3-9H2,1-2H3/t10-/m1/s1. The predicted octanol–water partition coefficient (Wildman–Crippen LogP) is 0.724. The molecule has 2 heterocycles. The van der Waals surface area contributed by atoms with Gasteiger partial charge in [0.25, 0.3) is 0 Å². The zero-order valence-corrected chi connectivity index (χ0v) is 10.8. The van der Waals surface area contributed by atoms with Crippen LogP contribution in [0.25, 0.3) is 0 Å². The molecule has 17 heavy (non-hydrogen) atoms. The number of nitrogens with zero attached hydrogens (tertiary/aromatic N) is 4. The summed E-state index contributed by atoms with van der Waals surface area (Å²) in [6.07, 6.45) is 4.44. The summed E-state index contributed by atoms with van der Waals surface area (Å²) in [5.74, 6) is 2.03. The molecule has 0 aliphatic carbocycles. The first-order valence-electron chi connectivity index (χ1n) is 6.48. The van der Waals surface area contributed by atoms with E-state index in [1.54, 1.807) is 0 Å². The molecule has 0 bridgehead atoms. The van der Waals surface area contributed by atoms with E-state index in [4.69, 9.17) is 0 Å². The molecule has 1 N–H and O–H groups in total. The largest absolute Gasteiger partial charge is 0.395 e. The summed E-state index contributed by atoms with van der Waals surface area (Å²) in [7, 11) is 2.02. The van der Waals surface area contributed by atoms with E-state index in [1.165, 1.54) is 12.8 Å². The lowest BCUT2D eigenvalue weighted by Crippen LogP contribution is -2.41. The van der Waals surface area contributed by atoms with Crippen LogP contribution in [0.4, 0.5) is 0 Å². The van der Waals surface area contributed by atoms with Crippen LogP contribution in [0.5, 0.6) is 0 Å². The topological polar surface area (TPSA) is 54.2 Å². The molecule has 1 aromatic heterocycles. The van der Waals surface area contributed by atoms with Gasteiger partial charge in [-0.1, -0.05) is 13.3 Å². The quantitative estimate of drug-likeness (QED) is 0.840. The van der Waals surface area contributed by atoms with Gasteiger partial charge in [-0.2, -0.15) is 0 Å². The lowest BCUT2D eigenvalue weighted by atomic mass is 10.0. The van der Waals surface area contributed by atoms with Gasteiger partial charge in [-0.15, -0.1) is 10.2 Å². The number of aliphatic hydroxyl groups excluding tert-OH is 1. The molecule has 2 rings (SSSR count). The van der Waals surface area contributed by atoms with Gasteiger partial charge in [-0.25, -0.2) is 0 Å². The first-order valence-corrected chi connectivity index (χ1v) is 6.48. The number of likely N-dealkylation sites (tertiary alicyclic amines) is 1. The Bertz CT molecular complexity index is 363. The number of hydrogen-bond donors (Lipinski definition) is 1. The third-order valence-corrected chi connectivity index (χ3v) is 3.68. The van der Waals surface area contributed by atoms with Gasteiger partial charge < -0.3 is 9.67 Å². The molecule has 1 atom stereocenters. The van der Waals surface area contributed by atoms with Crippen LogP contribution in [0, 0.1) is 0 Å². The normalized spacial score (nSPS) is 21.9. The van der Waals surface area contributed by atoms with Gasteiger partial charge in [0.1, 0.15) is 11.6 Å². The molecule has 0 spiro atoms. The maximum Gasteiger partial charge on any atom is 0.146 e. The number of aryl methyl sites for hydroxylation is 1. The Hall–Kier alpha value is -0.940. The van der Waals surface area contributed by atoms with E-state index in [-0.39, 0.29) is 6.61 Å². The van der Waals surface area contributed by atoms with Crippen molar-refractivity contribution >= 4 is 0 Å². The first-order chi connectivity index (χ1) is 8.26. The fourth-order valence-electron chi connectivity index (χ4n) is 2.50. The molecule has 0 aromatic carbocycles. The molecular formula is C12H22N4O. The Balaban J connectivity index is 2.05. The number of rotatable bonds is 4. The Labute approximate surface area is 102 Å². The van der Waals surface area contributed by atoms with E-state index in [9.17, 15) is 5.11 Å². The van der Waals surface area contributed by atoms with Crippen molar-refractivity contribution in [2.24, 2.45) is 7.05 Å². The lowest BCUT2D eigenvalue weighted by Gasteiger charge is -2.33. The Morgan fingerprint density at radius 1 is 1.29 bits per heavy atom. The second-order valence-electron chi connectivity index (χ2n) is 4.75. The van der Waals surface area contributed by atoms with Crippen molar-refractivity contribution in [2.45, 2.75) is 45.2 Å². The van der Waals surface area contributed by atoms with Crippen LogP contribution in [-0.4, -0.2) is 44.0 Å². The Morgan fingerprint density at radius 3 is 2.71 bits per heavy atom. The summed E-state index contributed by atoms with van der Waals surface area (Å²) < 4.78 is 2.07. The summed E-state index contributed by atoms with van der Waals surface area (Å²) >= 11 is 0. The Morgan fingerprint density at radius 2 is 2.06 bits per heavy atom. The van der Waals surface area contributed by atoms with Gasteiger partial charge in [-0.05, 0) is 19.4 Å². The van der Waals surface area contributed by atoms with Crippen molar-refractivity contribution < 1.29 is 5.11 Å². The molecule has 0 saturated carbocycles. The summed E-state index contributed by atoms with van der Waals surface area (Å²) in [6, 6.07) is 0.297. The summed E-state index contributed by atoms with van der Waals surface area (Å²) in [4.78, 5) is 2.33. The maximum absolute atomic E-state index is 9.38. The van der Waals surface area contributed by atoms with Crippen molar-refractivity contribution in [3.05, 3.63) is 11.6 Å². The zero-order chi connectivity index (χ0) is 12.3. The highest BCUT2D eigenvalue weighted by Crippen LogP contribution is 2.18. The van der Waals surface area contributed by atoms with Crippen LogP contribution in [0.3, 0.4) is 0 Å². The van der Waals surface area contributed by atoms with Crippen molar-refractivity contribution in [3.63, 3.8) is 0 Å². The zero-order valence-electron chi connectivity index (χ0n) is 10.8. The number of piperidine rings is 1. The second-order valence-corrected chi connectivity index (χ2v) is 4.75. The highest BCUT2D eigenvalue weighted by Gasteiger charge is 2.23. The molecule has 5 nitrogen and oxygen atoms in total. The molecular weight excluding hydrogens is 216 g/mol. The van der Waals surface area contributed by atoms with Crippen LogP contribution in [0.15, 0.2) is 0 Å². The molecule has 0 radical (unpaired) electrons. The third-order valence-electron chi connectivity index (χ3n) is 3.68. The monoisotopic (exact) mass is 238 g/mol. The molecule has 0 unspecified atom stereocenters. The fraction of sp³-hybridized carbons (Fsp3) is 0.833. The number of aliphatic hydroxyl groups is 1. The molecule has 96 valence electrons. The van der Waals surface area contributed by atoms with Gasteiger partial charge in [0, 0.05) is 19.5 Å². The molecule has 1 saturated heterocycles. The van der Waals surface area contributed by atoms with E-state index >= 15 is 0 Å². The summed E-state index contributed by atoms with van der Waals surface area (Å²) in [5, 5.41) is 17.8. The van der Waals surface area contributed by atoms with Gasteiger partial charge in [0.2, 0.25) is 0 Å². The SMILES string of the molecule is CCc1nnc(CN2CCCC[C@@H]2CO)n1C. The van der Waals surface area contributed by atoms with Gasteiger partial charge in [0.15, 0.2) is 0 Å². The van der Waals surface area contributed by atoms with Crippen LogP contribution in [0.2, 0.25) is 0 Å². The summed E-state index contributed by atoms with van der Waals surface area (Å²) in [6.45, 7) is 4.19. The summed E-state index contributed by atoms with van der Waals surface area (Å²) in [5.41, 5.74) is 0. The highest BCUT2D eigenvalue weighted by atomic mass is 16.3. The van der Waals surface area contributed by atoms with E-state index in [1.807, 2.05) is 7.05 Å². The predicted molar refractivity (Wildman–Crippen MR) is 65.5 cm³/mol. The Kier molecular flexibility index (Phi) is 4.12. The van der Waals surface area contributed by atoms with Gasteiger partial charge in [0.05, 0.1) is 13.2 Å². The lowest BCUT2D eigenvalue weighted by molar-refractivity contribution is 0.0811. The second kappa shape index (κ2) is 5.60. The maximum atomic E-state index is 9.38. The highest BCUT2D eigenvalue weighted by molar-refractivity contribution is 4.95. The van der Waals surface area contributed by atoms with Crippen LogP contribution in [-0.2, 0) is 20.0 Å². The van der Waals surface area contributed by atoms with E-state index < -0.39 is 0 Å². The smallest absolute Gasteiger partial charge is 0.146 e. The molecule has 1 aliphatic rings. The number of aromatic nitrogens is 3. The third kappa shape index (κ3) is 2.66. The van der Waals surface area contributed by atoms with Crippen molar-refractivity contribution in [2.75, 3.05) is 13.2 Å². The average molecular weight is 238 g/mol. The average Bonchev–Trinajstić information content (AvgIpc) is 2.71. The molecule has 5 heteroatoms. The first kappa shape index (κ1) is 12.5. The van der Waals surface area contributed by atoms with Crippen molar-refractivity contribution in [3.8, 4) is 0 Å². The van der Waals surface area contributed by atoms with Crippen molar-refractivity contribution in [1.82, 2.24) is 19.7 Å². The molecule has 1 aliphatic heterocycles. The minimum atomic E-state index is 0.248. The van der Waals surface area contributed by atoms with Crippen molar-refractivity contribution in [1.29, 1.82) is 0 Å². The van der Waals surface area contributed by atoms with E-state index in [0.29, 0.717) is 6.04 Å². The molecule has 0 amide bonds. The fourth-order valence-corrected chi connectivity index (χ4v) is 2.50. The molecule has 1 aromatic rings. The minimum absolute atomic E-state index is 0.248. The van der Waals surface area contributed by atoms with Crippen LogP contribution < -0.4 is 0 Å². The van der Waals surface area contributed by atoms with E-state index in [0.717, 1.165) is 37.6 Å². The van der Waals surface area contributed by atoms with Gasteiger partial charge >= 0.3 is 0 Å². The van der Waals surface area contributed by atoms with Crippen LogP contribution >= 0.6 is 0 Å². The van der Waals surface area contributed by atoms with Gasteiger partial charge in [-0.3, -0.25) is 4.90 Å². The number of hydrogen-bond acceptors (Lipinski definition) is 4. The van der Waals surface area contributed by atoms with Crippen LogP contribution in [0.1, 0.15) is 37.8 Å².